The molecule has 0 aliphatic carbocycles. The summed E-state index contributed by atoms with van der Waals surface area (Å²) in [5, 5.41) is 5.27. The molecule has 0 radical (unpaired) electrons. The summed E-state index contributed by atoms with van der Waals surface area (Å²) in [6, 6.07) is 6.27. The van der Waals surface area contributed by atoms with Gasteiger partial charge in [0.05, 0.1) is 16.2 Å². The van der Waals surface area contributed by atoms with E-state index in [-0.39, 0.29) is 12.4 Å². The third-order valence-electron chi connectivity index (χ3n) is 3.46. The van der Waals surface area contributed by atoms with Crippen molar-refractivity contribution in [2.45, 2.75) is 6.92 Å². The zero-order chi connectivity index (χ0) is 12.5. The molecule has 0 unspecified atom stereocenters. The lowest BCUT2D eigenvalue weighted by Gasteiger charge is -2.31. The number of nitrogens with one attached hydrogen (secondary N) is 1. The monoisotopic (exact) mass is 297 g/mol. The van der Waals surface area contributed by atoms with E-state index in [4.69, 9.17) is 11.6 Å². The van der Waals surface area contributed by atoms with Crippen LogP contribution in [0.1, 0.15) is 5.56 Å². The van der Waals surface area contributed by atoms with Crippen molar-refractivity contribution in [1.82, 2.24) is 10.3 Å². The number of hydrogen-bond acceptors (Lipinski definition) is 3. The number of anilines is 1. The van der Waals surface area contributed by atoms with Gasteiger partial charge in [-0.25, -0.2) is 0 Å². The molecule has 1 aromatic heterocycles. The van der Waals surface area contributed by atoms with Crippen molar-refractivity contribution in [2.24, 2.45) is 0 Å². The van der Waals surface area contributed by atoms with Gasteiger partial charge in [0.1, 0.15) is 0 Å². The first-order valence-electron chi connectivity index (χ1n) is 6.27. The Labute approximate surface area is 124 Å². The van der Waals surface area contributed by atoms with Crippen LogP contribution in [0.5, 0.6) is 0 Å². The molecule has 1 aliphatic rings. The van der Waals surface area contributed by atoms with Crippen LogP contribution in [0.15, 0.2) is 24.4 Å². The fourth-order valence-electron chi connectivity index (χ4n) is 2.54. The second-order valence-corrected chi connectivity index (χ2v) is 5.07. The summed E-state index contributed by atoms with van der Waals surface area (Å²) in [4.78, 5) is 6.81. The van der Waals surface area contributed by atoms with Gasteiger partial charge in [0.25, 0.3) is 0 Å². The fraction of sp³-hybridized carbons (Fsp3) is 0.357. The van der Waals surface area contributed by atoms with Gasteiger partial charge in [-0.1, -0.05) is 29.8 Å². The minimum Gasteiger partial charge on any atom is -0.367 e. The topological polar surface area (TPSA) is 28.2 Å². The number of halogens is 2. The molecule has 0 saturated carbocycles. The molecule has 3 rings (SSSR count). The molecular formula is C14H17Cl2N3. The summed E-state index contributed by atoms with van der Waals surface area (Å²) in [6.07, 6.45) is 1.77. The molecule has 2 heterocycles. The first-order chi connectivity index (χ1) is 8.77. The second-order valence-electron chi connectivity index (χ2n) is 4.66. The molecule has 19 heavy (non-hydrogen) atoms. The van der Waals surface area contributed by atoms with Crippen LogP contribution in [0.4, 0.5) is 5.69 Å². The summed E-state index contributed by atoms with van der Waals surface area (Å²) in [5.74, 6) is 0. The van der Waals surface area contributed by atoms with Gasteiger partial charge in [-0.3, -0.25) is 4.98 Å². The summed E-state index contributed by atoms with van der Waals surface area (Å²) < 4.78 is 0. The van der Waals surface area contributed by atoms with Gasteiger partial charge in [-0.2, -0.15) is 0 Å². The lowest BCUT2D eigenvalue weighted by molar-refractivity contribution is 0.590. The molecule has 1 aromatic carbocycles. The van der Waals surface area contributed by atoms with Gasteiger partial charge >= 0.3 is 0 Å². The fourth-order valence-corrected chi connectivity index (χ4v) is 2.81. The lowest BCUT2D eigenvalue weighted by atomic mass is 10.1. The lowest BCUT2D eigenvalue weighted by Crippen LogP contribution is -2.43. The van der Waals surface area contributed by atoms with E-state index in [0.717, 1.165) is 47.8 Å². The minimum atomic E-state index is 0. The van der Waals surface area contributed by atoms with E-state index in [0.29, 0.717) is 0 Å². The maximum absolute atomic E-state index is 6.36. The number of fused-ring (bicyclic) bond motifs is 1. The van der Waals surface area contributed by atoms with E-state index >= 15 is 0 Å². The Bertz CT molecular complexity index is 580. The quantitative estimate of drug-likeness (QED) is 0.877. The number of benzene rings is 1. The first-order valence-corrected chi connectivity index (χ1v) is 6.64. The predicted octanol–water partition coefficient (Wildman–Crippen LogP) is 3.03. The third-order valence-corrected chi connectivity index (χ3v) is 3.74. The van der Waals surface area contributed by atoms with Crippen molar-refractivity contribution in [2.75, 3.05) is 31.1 Å². The highest BCUT2D eigenvalue weighted by Gasteiger charge is 2.17. The number of rotatable bonds is 1. The molecule has 5 heteroatoms. The maximum Gasteiger partial charge on any atom is 0.0829 e. The van der Waals surface area contributed by atoms with E-state index < -0.39 is 0 Å². The van der Waals surface area contributed by atoms with E-state index in [9.17, 15) is 0 Å². The molecule has 0 atom stereocenters. The standard InChI is InChI=1S/C14H16ClN3.ClH/c1-10-3-2-4-11-13(10)17-9-12(15)14(11)18-7-5-16-6-8-18;/h2-4,9,16H,5-8H2,1H3;1H. The van der Waals surface area contributed by atoms with Gasteiger partial charge in [-0.15, -0.1) is 12.4 Å². The average Bonchev–Trinajstić information content (AvgIpc) is 2.40. The van der Waals surface area contributed by atoms with Crippen molar-refractivity contribution >= 4 is 40.6 Å². The number of aromatic nitrogens is 1. The molecule has 3 nitrogen and oxygen atoms in total. The molecular weight excluding hydrogens is 281 g/mol. The number of nitrogens with zero attached hydrogens (tertiary/aromatic N) is 2. The Kier molecular flexibility index (Phi) is 4.50. The van der Waals surface area contributed by atoms with Gasteiger partial charge < -0.3 is 10.2 Å². The van der Waals surface area contributed by atoms with Crippen LogP contribution >= 0.6 is 24.0 Å². The van der Waals surface area contributed by atoms with Crippen molar-refractivity contribution in [3.8, 4) is 0 Å². The molecule has 0 spiro atoms. The van der Waals surface area contributed by atoms with Crippen LogP contribution in [0.2, 0.25) is 5.02 Å². The van der Waals surface area contributed by atoms with Crippen LogP contribution in [0.25, 0.3) is 10.9 Å². The van der Waals surface area contributed by atoms with E-state index in [2.05, 4.69) is 40.3 Å². The van der Waals surface area contributed by atoms with Gasteiger partial charge in [-0.05, 0) is 12.5 Å². The van der Waals surface area contributed by atoms with Gasteiger partial charge in [0.15, 0.2) is 0 Å². The first kappa shape index (κ1) is 14.4. The van der Waals surface area contributed by atoms with Crippen LogP contribution in [-0.2, 0) is 0 Å². The summed E-state index contributed by atoms with van der Waals surface area (Å²) in [6.45, 7) is 6.09. The predicted molar refractivity (Wildman–Crippen MR) is 83.8 cm³/mol. The van der Waals surface area contributed by atoms with Crippen LogP contribution < -0.4 is 10.2 Å². The van der Waals surface area contributed by atoms with E-state index in [1.54, 1.807) is 6.20 Å². The summed E-state index contributed by atoms with van der Waals surface area (Å²) >= 11 is 6.36. The zero-order valence-electron chi connectivity index (χ0n) is 10.8. The Hall–Kier alpha value is -1.03. The number of para-hydroxylation sites is 1. The van der Waals surface area contributed by atoms with Gasteiger partial charge in [0.2, 0.25) is 0 Å². The number of hydrogen-bond donors (Lipinski definition) is 1. The minimum absolute atomic E-state index is 0. The molecule has 1 N–H and O–H groups in total. The van der Waals surface area contributed by atoms with Crippen LogP contribution in [0, 0.1) is 6.92 Å². The smallest absolute Gasteiger partial charge is 0.0829 e. The van der Waals surface area contributed by atoms with Crippen molar-refractivity contribution in [3.05, 3.63) is 35.0 Å². The summed E-state index contributed by atoms with van der Waals surface area (Å²) in [7, 11) is 0. The molecule has 0 bridgehead atoms. The SMILES string of the molecule is Cc1cccc2c(N3CCNCC3)c(Cl)cnc12.Cl. The third kappa shape index (κ3) is 2.64. The maximum atomic E-state index is 6.36. The average molecular weight is 298 g/mol. The normalized spacial score (nSPS) is 15.4. The van der Waals surface area contributed by atoms with E-state index in [1.165, 1.54) is 5.56 Å². The highest BCUT2D eigenvalue weighted by Crippen LogP contribution is 2.34. The molecule has 2 aromatic rings. The Balaban J connectivity index is 0.00000133. The molecule has 102 valence electrons. The van der Waals surface area contributed by atoms with E-state index in [1.807, 2.05) is 0 Å². The Morgan fingerprint density at radius 1 is 1.26 bits per heavy atom. The van der Waals surface area contributed by atoms with Crippen molar-refractivity contribution in [1.29, 1.82) is 0 Å². The number of piperazine rings is 1. The Morgan fingerprint density at radius 2 is 2.00 bits per heavy atom. The van der Waals surface area contributed by atoms with Crippen LogP contribution in [-0.4, -0.2) is 31.2 Å². The Morgan fingerprint density at radius 3 is 2.74 bits per heavy atom. The zero-order valence-corrected chi connectivity index (χ0v) is 12.4. The van der Waals surface area contributed by atoms with Crippen molar-refractivity contribution < 1.29 is 0 Å². The highest BCUT2D eigenvalue weighted by molar-refractivity contribution is 6.34. The second kappa shape index (κ2) is 5.95. The summed E-state index contributed by atoms with van der Waals surface area (Å²) in [5.41, 5.74) is 3.38. The molecule has 1 saturated heterocycles. The molecule has 0 amide bonds. The largest absolute Gasteiger partial charge is 0.367 e. The highest BCUT2D eigenvalue weighted by atomic mass is 35.5. The number of aryl methyl sites for hydroxylation is 1. The van der Waals surface area contributed by atoms with Crippen LogP contribution in [0.3, 0.4) is 0 Å². The van der Waals surface area contributed by atoms with Crippen molar-refractivity contribution in [3.63, 3.8) is 0 Å². The number of pyridine rings is 1. The molecule has 1 aliphatic heterocycles. The molecule has 1 fully saturated rings. The van der Waals surface area contributed by atoms with Gasteiger partial charge in [0, 0.05) is 37.8 Å².